The Bertz CT molecular complexity index is 285. The Hall–Kier alpha value is -1.22. The maximum Gasteiger partial charge on any atom is 0.128 e. The molecule has 0 bridgehead atoms. The highest BCUT2D eigenvalue weighted by atomic mass is 35.5. The largest absolute Gasteiger partial charge is 0.546 e. The molecule has 0 spiro atoms. The van der Waals surface area contributed by atoms with Gasteiger partial charge >= 0.3 is 0 Å². The Morgan fingerprint density at radius 1 is 1.58 bits per heavy atom. The van der Waals surface area contributed by atoms with Gasteiger partial charge in [-0.05, 0) is 18.2 Å². The summed E-state index contributed by atoms with van der Waals surface area (Å²) >= 11 is 5.62. The number of rotatable bonds is 3. The number of carboxylic acid groups (broad SMARTS) is 1. The van der Waals surface area contributed by atoms with E-state index in [1.807, 2.05) is 0 Å². The smallest absolute Gasteiger partial charge is 0.128 e. The van der Waals surface area contributed by atoms with E-state index in [1.165, 1.54) is 6.07 Å². The summed E-state index contributed by atoms with van der Waals surface area (Å²) in [6, 6.07) is 6.50. The van der Waals surface area contributed by atoms with Crippen LogP contribution >= 0.6 is 11.6 Å². The van der Waals surface area contributed by atoms with E-state index >= 15 is 0 Å². The molecule has 1 rings (SSSR count). The molecule has 0 aromatic heterocycles. The third-order valence-corrected chi connectivity index (χ3v) is 1.39. The molecular weight excluding hydrogens is 180 g/mol. The van der Waals surface area contributed by atoms with Crippen LogP contribution in [0.1, 0.15) is 0 Å². The lowest BCUT2D eigenvalue weighted by atomic mass is 10.3. The van der Waals surface area contributed by atoms with Crippen LogP contribution in [0.25, 0.3) is 0 Å². The fourth-order valence-corrected chi connectivity index (χ4v) is 0.879. The predicted octanol–water partition coefficient (Wildman–Crippen LogP) is 0.469. The standard InChI is InChI=1S/C8H7ClO3/c9-6-2-1-3-7(4-6)12-5-8(10)11/h1-4H,5H2,(H,10,11)/p-1. The molecule has 0 aliphatic heterocycles. The molecule has 0 amide bonds. The first-order valence-corrected chi connectivity index (χ1v) is 3.64. The van der Waals surface area contributed by atoms with Crippen LogP contribution in [0.4, 0.5) is 0 Å². The fourth-order valence-electron chi connectivity index (χ4n) is 0.699. The van der Waals surface area contributed by atoms with Crippen LogP contribution in [-0.4, -0.2) is 12.6 Å². The van der Waals surface area contributed by atoms with Gasteiger partial charge in [0.05, 0.1) is 5.97 Å². The van der Waals surface area contributed by atoms with Crippen LogP contribution in [0, 0.1) is 0 Å². The summed E-state index contributed by atoms with van der Waals surface area (Å²) in [6.07, 6.45) is 0. The van der Waals surface area contributed by atoms with Gasteiger partial charge in [-0.2, -0.15) is 0 Å². The predicted molar refractivity (Wildman–Crippen MR) is 42.0 cm³/mol. The molecular formula is C8H6ClO3-. The molecule has 3 nitrogen and oxygen atoms in total. The fraction of sp³-hybridized carbons (Fsp3) is 0.125. The quantitative estimate of drug-likeness (QED) is 0.688. The number of hydrogen-bond acceptors (Lipinski definition) is 3. The molecule has 0 unspecified atom stereocenters. The number of ether oxygens (including phenoxy) is 1. The topological polar surface area (TPSA) is 49.4 Å². The van der Waals surface area contributed by atoms with Crippen molar-refractivity contribution in [3.8, 4) is 5.75 Å². The Balaban J connectivity index is 2.57. The molecule has 0 aliphatic carbocycles. The van der Waals surface area contributed by atoms with Crippen LogP contribution < -0.4 is 9.84 Å². The SMILES string of the molecule is O=C([O-])COc1cccc(Cl)c1. The molecule has 0 saturated heterocycles. The third-order valence-electron chi connectivity index (χ3n) is 1.15. The number of carbonyl (C=O) groups excluding carboxylic acids is 1. The zero-order chi connectivity index (χ0) is 8.97. The molecule has 0 fully saturated rings. The number of carboxylic acids is 1. The molecule has 12 heavy (non-hydrogen) atoms. The monoisotopic (exact) mass is 185 g/mol. The van der Waals surface area contributed by atoms with Crippen LogP contribution in [0.15, 0.2) is 24.3 Å². The van der Waals surface area contributed by atoms with Crippen molar-refractivity contribution in [2.75, 3.05) is 6.61 Å². The zero-order valence-electron chi connectivity index (χ0n) is 6.12. The molecule has 0 atom stereocenters. The highest BCUT2D eigenvalue weighted by Crippen LogP contribution is 2.16. The summed E-state index contributed by atoms with van der Waals surface area (Å²) in [4.78, 5) is 9.99. The first-order valence-electron chi connectivity index (χ1n) is 3.26. The third kappa shape index (κ3) is 2.80. The normalized spacial score (nSPS) is 9.42. The van der Waals surface area contributed by atoms with Crippen LogP contribution in [0.2, 0.25) is 5.02 Å². The summed E-state index contributed by atoms with van der Waals surface area (Å²) in [6.45, 7) is -0.458. The average molecular weight is 186 g/mol. The van der Waals surface area contributed by atoms with Crippen molar-refractivity contribution in [1.29, 1.82) is 0 Å². The maximum atomic E-state index is 9.99. The minimum absolute atomic E-state index is 0.423. The van der Waals surface area contributed by atoms with E-state index in [4.69, 9.17) is 16.3 Å². The van der Waals surface area contributed by atoms with E-state index in [2.05, 4.69) is 0 Å². The Morgan fingerprint density at radius 2 is 2.33 bits per heavy atom. The molecule has 0 heterocycles. The van der Waals surface area contributed by atoms with Gasteiger partial charge in [-0.15, -0.1) is 0 Å². The molecule has 1 aromatic carbocycles. The Labute approximate surface area is 74.5 Å². The summed E-state index contributed by atoms with van der Waals surface area (Å²) in [5, 5.41) is 10.5. The second-order valence-corrected chi connectivity index (χ2v) is 2.55. The molecule has 0 saturated carbocycles. The van der Waals surface area contributed by atoms with Crippen LogP contribution in [0.5, 0.6) is 5.75 Å². The summed E-state index contributed by atoms with van der Waals surface area (Å²) in [7, 11) is 0. The van der Waals surface area contributed by atoms with Crippen molar-refractivity contribution in [3.63, 3.8) is 0 Å². The van der Waals surface area contributed by atoms with Crippen molar-refractivity contribution in [2.24, 2.45) is 0 Å². The number of hydrogen-bond donors (Lipinski definition) is 0. The molecule has 4 heteroatoms. The van der Waals surface area contributed by atoms with Gasteiger partial charge in [-0.25, -0.2) is 0 Å². The van der Waals surface area contributed by atoms with Crippen LogP contribution in [-0.2, 0) is 4.79 Å². The zero-order valence-corrected chi connectivity index (χ0v) is 6.88. The van der Waals surface area contributed by atoms with Crippen molar-refractivity contribution in [2.45, 2.75) is 0 Å². The van der Waals surface area contributed by atoms with E-state index in [-0.39, 0.29) is 0 Å². The summed E-state index contributed by atoms with van der Waals surface area (Å²) < 4.78 is 4.80. The number of carbonyl (C=O) groups is 1. The molecule has 64 valence electrons. The minimum atomic E-state index is -1.25. The lowest BCUT2D eigenvalue weighted by molar-refractivity contribution is -0.307. The Kier molecular flexibility index (Phi) is 2.94. The van der Waals surface area contributed by atoms with Gasteiger partial charge in [-0.1, -0.05) is 17.7 Å². The summed E-state index contributed by atoms with van der Waals surface area (Å²) in [5.41, 5.74) is 0. The molecule has 0 aliphatic rings. The van der Waals surface area contributed by atoms with Gasteiger partial charge in [0.1, 0.15) is 12.4 Å². The van der Waals surface area contributed by atoms with E-state index in [9.17, 15) is 9.90 Å². The Morgan fingerprint density at radius 3 is 2.92 bits per heavy atom. The first kappa shape index (κ1) is 8.87. The average Bonchev–Trinajstić information content (AvgIpc) is 2.01. The van der Waals surface area contributed by atoms with Crippen molar-refractivity contribution < 1.29 is 14.6 Å². The van der Waals surface area contributed by atoms with E-state index < -0.39 is 12.6 Å². The van der Waals surface area contributed by atoms with Crippen molar-refractivity contribution in [1.82, 2.24) is 0 Å². The van der Waals surface area contributed by atoms with Gasteiger partial charge < -0.3 is 14.6 Å². The molecule has 0 radical (unpaired) electrons. The van der Waals surface area contributed by atoms with Crippen molar-refractivity contribution in [3.05, 3.63) is 29.3 Å². The van der Waals surface area contributed by atoms with Crippen molar-refractivity contribution >= 4 is 17.6 Å². The molecule has 1 aromatic rings. The second kappa shape index (κ2) is 3.97. The van der Waals surface area contributed by atoms with Crippen LogP contribution in [0.3, 0.4) is 0 Å². The van der Waals surface area contributed by atoms with Gasteiger partial charge in [0.25, 0.3) is 0 Å². The van der Waals surface area contributed by atoms with E-state index in [0.29, 0.717) is 10.8 Å². The lowest BCUT2D eigenvalue weighted by Gasteiger charge is -2.05. The van der Waals surface area contributed by atoms with Gasteiger partial charge in [-0.3, -0.25) is 0 Å². The van der Waals surface area contributed by atoms with E-state index in [1.54, 1.807) is 18.2 Å². The lowest BCUT2D eigenvalue weighted by Crippen LogP contribution is -2.28. The highest BCUT2D eigenvalue weighted by molar-refractivity contribution is 6.30. The van der Waals surface area contributed by atoms with Gasteiger partial charge in [0.2, 0.25) is 0 Å². The highest BCUT2D eigenvalue weighted by Gasteiger charge is 1.93. The first-order chi connectivity index (χ1) is 5.68. The molecule has 0 N–H and O–H groups in total. The number of halogens is 1. The number of benzene rings is 1. The maximum absolute atomic E-state index is 9.99. The summed E-state index contributed by atoms with van der Waals surface area (Å²) in [5.74, 6) is -0.832. The number of aliphatic carboxylic acids is 1. The second-order valence-electron chi connectivity index (χ2n) is 2.12. The minimum Gasteiger partial charge on any atom is -0.546 e. The van der Waals surface area contributed by atoms with Gasteiger partial charge in [0.15, 0.2) is 0 Å². The van der Waals surface area contributed by atoms with Gasteiger partial charge in [0, 0.05) is 5.02 Å². The van der Waals surface area contributed by atoms with E-state index in [0.717, 1.165) is 0 Å².